The van der Waals surface area contributed by atoms with Crippen LogP contribution in [0.5, 0.6) is 0 Å². The number of rotatable bonds is 1. The van der Waals surface area contributed by atoms with Gasteiger partial charge < -0.3 is 5.11 Å². The van der Waals surface area contributed by atoms with Crippen molar-refractivity contribution in [3.05, 3.63) is 51.5 Å². The van der Waals surface area contributed by atoms with E-state index in [2.05, 4.69) is 11.1 Å². The average Bonchev–Trinajstić information content (AvgIpc) is 2.83. The largest absolute Gasteiger partial charge is 0.465 e. The van der Waals surface area contributed by atoms with Crippen LogP contribution in [0.2, 0.25) is 0 Å². The Morgan fingerprint density at radius 1 is 1.47 bits per heavy atom. The molecule has 1 aromatic carbocycles. The van der Waals surface area contributed by atoms with Gasteiger partial charge in [-0.3, -0.25) is 4.90 Å². The molecule has 0 radical (unpaired) electrons. The number of aryl methyl sites for hydroxylation is 1. The van der Waals surface area contributed by atoms with Crippen molar-refractivity contribution in [2.75, 3.05) is 6.54 Å². The van der Waals surface area contributed by atoms with Gasteiger partial charge in [0, 0.05) is 12.7 Å². The van der Waals surface area contributed by atoms with Crippen LogP contribution >= 0.6 is 11.3 Å². The molecule has 0 saturated heterocycles. The fourth-order valence-electron chi connectivity index (χ4n) is 2.58. The standard InChI is InChI=1S/C14H14N2O2S/c1-9-15-8-12(19-9)13-11-5-3-2-4-10(11)6-7-16(13)14(17)18/h2-5,8,13H,6-7H2,1H3,(H,17,18). The minimum absolute atomic E-state index is 0.214. The zero-order valence-electron chi connectivity index (χ0n) is 10.5. The zero-order chi connectivity index (χ0) is 13.4. The third-order valence-corrected chi connectivity index (χ3v) is 4.40. The van der Waals surface area contributed by atoms with E-state index in [1.165, 1.54) is 10.5 Å². The van der Waals surface area contributed by atoms with Crippen molar-refractivity contribution in [1.29, 1.82) is 0 Å². The van der Waals surface area contributed by atoms with Crippen LogP contribution in [-0.2, 0) is 6.42 Å². The predicted molar refractivity (Wildman–Crippen MR) is 73.6 cm³/mol. The molecule has 2 aromatic rings. The topological polar surface area (TPSA) is 53.4 Å². The Morgan fingerprint density at radius 2 is 2.26 bits per heavy atom. The first kappa shape index (κ1) is 12.2. The number of aromatic nitrogens is 1. The summed E-state index contributed by atoms with van der Waals surface area (Å²) in [6.07, 6.45) is 1.70. The average molecular weight is 274 g/mol. The van der Waals surface area contributed by atoms with Gasteiger partial charge in [-0.05, 0) is 24.5 Å². The highest BCUT2D eigenvalue weighted by Gasteiger charge is 2.32. The number of benzene rings is 1. The summed E-state index contributed by atoms with van der Waals surface area (Å²) in [6.45, 7) is 2.47. The van der Waals surface area contributed by atoms with E-state index in [4.69, 9.17) is 0 Å². The lowest BCUT2D eigenvalue weighted by molar-refractivity contribution is 0.130. The molecule has 1 N–H and O–H groups in total. The molecule has 0 bridgehead atoms. The second-order valence-corrected chi connectivity index (χ2v) is 5.88. The number of hydrogen-bond acceptors (Lipinski definition) is 3. The lowest BCUT2D eigenvalue weighted by atomic mass is 9.92. The van der Waals surface area contributed by atoms with Gasteiger partial charge in [0.1, 0.15) is 0 Å². The molecule has 0 aliphatic carbocycles. The fraction of sp³-hybridized carbons (Fsp3) is 0.286. The zero-order valence-corrected chi connectivity index (χ0v) is 11.4. The maximum absolute atomic E-state index is 11.5. The van der Waals surface area contributed by atoms with Crippen molar-refractivity contribution in [3.8, 4) is 0 Å². The molecule has 1 atom stereocenters. The molecule has 98 valence electrons. The van der Waals surface area contributed by atoms with Gasteiger partial charge in [0.15, 0.2) is 0 Å². The summed E-state index contributed by atoms with van der Waals surface area (Å²) >= 11 is 1.56. The van der Waals surface area contributed by atoms with Crippen molar-refractivity contribution < 1.29 is 9.90 Å². The number of fused-ring (bicyclic) bond motifs is 1. The number of hydrogen-bond donors (Lipinski definition) is 1. The van der Waals surface area contributed by atoms with Crippen molar-refractivity contribution in [1.82, 2.24) is 9.88 Å². The van der Waals surface area contributed by atoms with Gasteiger partial charge in [-0.15, -0.1) is 11.3 Å². The molecular formula is C14H14N2O2S. The van der Waals surface area contributed by atoms with Crippen LogP contribution in [0, 0.1) is 6.92 Å². The summed E-state index contributed by atoms with van der Waals surface area (Å²) in [5.74, 6) is 0. The van der Waals surface area contributed by atoms with Gasteiger partial charge in [-0.25, -0.2) is 9.78 Å². The molecule has 1 aliphatic heterocycles. The number of carboxylic acid groups (broad SMARTS) is 1. The molecule has 3 rings (SSSR count). The van der Waals surface area contributed by atoms with Crippen LogP contribution in [0.3, 0.4) is 0 Å². The maximum atomic E-state index is 11.5. The quantitative estimate of drug-likeness (QED) is 0.869. The first-order valence-corrected chi connectivity index (χ1v) is 6.98. The van der Waals surface area contributed by atoms with E-state index in [1.54, 1.807) is 17.5 Å². The summed E-state index contributed by atoms with van der Waals surface area (Å²) in [6, 6.07) is 7.85. The van der Waals surface area contributed by atoms with Gasteiger partial charge in [0.25, 0.3) is 0 Å². The van der Waals surface area contributed by atoms with E-state index in [0.717, 1.165) is 21.9 Å². The van der Waals surface area contributed by atoms with E-state index >= 15 is 0 Å². The molecule has 1 amide bonds. The Balaban J connectivity index is 2.12. The molecule has 2 heterocycles. The Labute approximate surface area is 115 Å². The normalized spacial score (nSPS) is 18.2. The Hall–Kier alpha value is -1.88. The minimum Gasteiger partial charge on any atom is -0.465 e. The number of carbonyl (C=O) groups is 1. The summed E-state index contributed by atoms with van der Waals surface area (Å²) in [4.78, 5) is 18.2. The highest BCUT2D eigenvalue weighted by Crippen LogP contribution is 2.37. The van der Waals surface area contributed by atoms with Crippen LogP contribution in [-0.4, -0.2) is 27.6 Å². The van der Waals surface area contributed by atoms with Gasteiger partial charge in [-0.2, -0.15) is 0 Å². The lowest BCUT2D eigenvalue weighted by Crippen LogP contribution is -2.39. The summed E-state index contributed by atoms with van der Waals surface area (Å²) in [5, 5.41) is 10.4. The van der Waals surface area contributed by atoms with E-state index in [-0.39, 0.29) is 6.04 Å². The maximum Gasteiger partial charge on any atom is 0.408 e. The molecule has 4 nitrogen and oxygen atoms in total. The number of nitrogens with zero attached hydrogens (tertiary/aromatic N) is 2. The Bertz CT molecular complexity index is 623. The van der Waals surface area contributed by atoms with Gasteiger partial charge in [0.05, 0.1) is 15.9 Å². The van der Waals surface area contributed by atoms with Crippen molar-refractivity contribution in [2.24, 2.45) is 0 Å². The van der Waals surface area contributed by atoms with Gasteiger partial charge in [0.2, 0.25) is 0 Å². The molecule has 1 aromatic heterocycles. The molecule has 0 spiro atoms. The third kappa shape index (κ3) is 2.10. The molecule has 1 unspecified atom stereocenters. The van der Waals surface area contributed by atoms with E-state index in [1.807, 2.05) is 25.1 Å². The molecule has 19 heavy (non-hydrogen) atoms. The smallest absolute Gasteiger partial charge is 0.408 e. The summed E-state index contributed by atoms with van der Waals surface area (Å²) < 4.78 is 0. The molecule has 0 saturated carbocycles. The number of thiazole rings is 1. The van der Waals surface area contributed by atoms with Crippen LogP contribution in [0.25, 0.3) is 0 Å². The number of amides is 1. The van der Waals surface area contributed by atoms with Crippen LogP contribution in [0.1, 0.15) is 27.1 Å². The first-order valence-electron chi connectivity index (χ1n) is 6.16. The monoisotopic (exact) mass is 274 g/mol. The highest BCUT2D eigenvalue weighted by atomic mass is 32.1. The minimum atomic E-state index is -0.870. The van der Waals surface area contributed by atoms with Crippen molar-refractivity contribution in [3.63, 3.8) is 0 Å². The second-order valence-electron chi connectivity index (χ2n) is 4.61. The molecular weight excluding hydrogens is 260 g/mol. The lowest BCUT2D eigenvalue weighted by Gasteiger charge is -2.34. The van der Waals surface area contributed by atoms with E-state index in [0.29, 0.717) is 6.54 Å². The molecule has 0 fully saturated rings. The third-order valence-electron chi connectivity index (χ3n) is 3.44. The van der Waals surface area contributed by atoms with Gasteiger partial charge in [-0.1, -0.05) is 24.3 Å². The Morgan fingerprint density at radius 3 is 2.95 bits per heavy atom. The van der Waals surface area contributed by atoms with Crippen LogP contribution < -0.4 is 0 Å². The van der Waals surface area contributed by atoms with Crippen molar-refractivity contribution >= 4 is 17.4 Å². The van der Waals surface area contributed by atoms with Crippen LogP contribution in [0.15, 0.2) is 30.5 Å². The summed E-state index contributed by atoms with van der Waals surface area (Å²) in [5.41, 5.74) is 2.32. The highest BCUT2D eigenvalue weighted by molar-refractivity contribution is 7.11. The molecule has 1 aliphatic rings. The van der Waals surface area contributed by atoms with E-state index < -0.39 is 6.09 Å². The van der Waals surface area contributed by atoms with Crippen LogP contribution in [0.4, 0.5) is 4.79 Å². The predicted octanol–water partition coefficient (Wildman–Crippen LogP) is 3.08. The Kier molecular flexibility index (Phi) is 2.98. The first-order chi connectivity index (χ1) is 9.16. The van der Waals surface area contributed by atoms with Crippen molar-refractivity contribution in [2.45, 2.75) is 19.4 Å². The SMILES string of the molecule is Cc1ncc(C2c3ccccc3CCN2C(=O)O)s1. The van der Waals surface area contributed by atoms with E-state index in [9.17, 15) is 9.90 Å². The summed E-state index contributed by atoms with van der Waals surface area (Å²) in [7, 11) is 0. The second kappa shape index (κ2) is 4.66. The van der Waals surface area contributed by atoms with Gasteiger partial charge >= 0.3 is 6.09 Å². The fourth-order valence-corrected chi connectivity index (χ4v) is 3.50. The molecule has 5 heteroatoms.